The molecule has 5 nitrogen and oxygen atoms in total. The molecular weight excluding hydrogens is 310 g/mol. The highest BCUT2D eigenvalue weighted by Gasteiger charge is 2.13. The molecule has 0 saturated carbocycles. The van der Waals surface area contributed by atoms with E-state index in [4.69, 9.17) is 0 Å². The van der Waals surface area contributed by atoms with Gasteiger partial charge in [-0.2, -0.15) is 0 Å². The largest absolute Gasteiger partial charge is 0.396 e. The Labute approximate surface area is 140 Å². The maximum atomic E-state index is 12.0. The maximum Gasteiger partial charge on any atom is 0.321 e. The number of benzene rings is 1. The summed E-state index contributed by atoms with van der Waals surface area (Å²) >= 11 is 1.44. The van der Waals surface area contributed by atoms with Crippen LogP contribution in [0.3, 0.4) is 0 Å². The van der Waals surface area contributed by atoms with Crippen molar-refractivity contribution < 1.29 is 9.90 Å². The second-order valence-electron chi connectivity index (χ2n) is 5.35. The molecule has 0 fully saturated rings. The molecular formula is C17H23N3O2S. The lowest BCUT2D eigenvalue weighted by Crippen LogP contribution is -2.32. The van der Waals surface area contributed by atoms with Gasteiger partial charge in [-0.1, -0.05) is 43.7 Å². The second kappa shape index (κ2) is 9.27. The minimum absolute atomic E-state index is 0.0930. The summed E-state index contributed by atoms with van der Waals surface area (Å²) in [5, 5.41) is 17.4. The van der Waals surface area contributed by atoms with Crippen molar-refractivity contribution in [3.05, 3.63) is 47.0 Å². The van der Waals surface area contributed by atoms with Crippen LogP contribution in [0.25, 0.3) is 0 Å². The minimum Gasteiger partial charge on any atom is -0.396 e. The van der Waals surface area contributed by atoms with Crippen LogP contribution < -0.4 is 10.6 Å². The van der Waals surface area contributed by atoms with Crippen LogP contribution >= 0.6 is 11.3 Å². The molecule has 1 unspecified atom stereocenters. The van der Waals surface area contributed by atoms with Crippen molar-refractivity contribution in [1.82, 2.24) is 10.3 Å². The average Bonchev–Trinajstić information content (AvgIpc) is 2.99. The van der Waals surface area contributed by atoms with Crippen LogP contribution in [0.2, 0.25) is 0 Å². The molecule has 0 saturated heterocycles. The van der Waals surface area contributed by atoms with E-state index in [0.29, 0.717) is 18.1 Å². The monoisotopic (exact) mass is 333 g/mol. The number of carbonyl (C=O) groups excluding carboxylic acids is 1. The van der Waals surface area contributed by atoms with Gasteiger partial charge in [-0.05, 0) is 18.4 Å². The van der Waals surface area contributed by atoms with Crippen molar-refractivity contribution >= 4 is 22.5 Å². The van der Waals surface area contributed by atoms with Gasteiger partial charge in [0.2, 0.25) is 0 Å². The summed E-state index contributed by atoms with van der Waals surface area (Å²) in [5.41, 5.74) is 2.12. The number of carbonyl (C=O) groups is 1. The minimum atomic E-state index is -0.263. The normalized spacial score (nSPS) is 11.9. The molecule has 0 aliphatic carbocycles. The number of aromatic nitrogens is 1. The van der Waals surface area contributed by atoms with Gasteiger partial charge in [-0.25, -0.2) is 9.78 Å². The van der Waals surface area contributed by atoms with E-state index in [2.05, 4.69) is 22.5 Å². The molecule has 0 spiro atoms. The standard InChI is InChI=1S/C17H23N3O2S/c1-2-6-15-12-23-17(19-15)20-16(22)18-11-14(9-10-21)13-7-4-3-5-8-13/h3-5,7-8,12,14,21H,2,6,9-11H2,1H3,(H2,18,19,20,22). The first-order valence-corrected chi connectivity index (χ1v) is 8.76. The van der Waals surface area contributed by atoms with Gasteiger partial charge in [-0.3, -0.25) is 5.32 Å². The molecule has 0 bridgehead atoms. The molecule has 0 radical (unpaired) electrons. The van der Waals surface area contributed by atoms with Gasteiger partial charge in [0.1, 0.15) is 0 Å². The van der Waals surface area contributed by atoms with Crippen molar-refractivity contribution in [1.29, 1.82) is 0 Å². The molecule has 0 aliphatic heterocycles. The summed E-state index contributed by atoms with van der Waals surface area (Å²) in [6.45, 7) is 2.67. The highest BCUT2D eigenvalue weighted by molar-refractivity contribution is 7.13. The zero-order chi connectivity index (χ0) is 16.5. The Kier molecular flexibility index (Phi) is 7.03. The number of thiazole rings is 1. The van der Waals surface area contributed by atoms with E-state index in [0.717, 1.165) is 24.1 Å². The van der Waals surface area contributed by atoms with Crippen LogP contribution in [-0.4, -0.2) is 29.3 Å². The smallest absolute Gasteiger partial charge is 0.321 e. The van der Waals surface area contributed by atoms with Gasteiger partial charge in [0.25, 0.3) is 0 Å². The first-order valence-electron chi connectivity index (χ1n) is 7.88. The Bertz CT molecular complexity index is 601. The van der Waals surface area contributed by atoms with Crippen molar-refractivity contribution in [3.8, 4) is 0 Å². The van der Waals surface area contributed by atoms with Crippen molar-refractivity contribution in [2.75, 3.05) is 18.5 Å². The fourth-order valence-electron chi connectivity index (χ4n) is 2.36. The molecule has 3 N–H and O–H groups in total. The Hall–Kier alpha value is -1.92. The Morgan fingerprint density at radius 3 is 2.83 bits per heavy atom. The van der Waals surface area contributed by atoms with Gasteiger partial charge >= 0.3 is 6.03 Å². The molecule has 1 aromatic heterocycles. The SMILES string of the molecule is CCCc1csc(NC(=O)NCC(CCO)c2ccccc2)n1. The number of urea groups is 1. The predicted octanol–water partition coefficient (Wildman–Crippen LogP) is 3.38. The third-order valence-corrected chi connectivity index (χ3v) is 4.34. The van der Waals surface area contributed by atoms with Crippen LogP contribution in [0.5, 0.6) is 0 Å². The van der Waals surface area contributed by atoms with E-state index in [-0.39, 0.29) is 18.6 Å². The summed E-state index contributed by atoms with van der Waals surface area (Å²) in [7, 11) is 0. The fourth-order valence-corrected chi connectivity index (χ4v) is 3.10. The van der Waals surface area contributed by atoms with Gasteiger partial charge in [0, 0.05) is 24.4 Å². The number of nitrogens with one attached hydrogen (secondary N) is 2. The Balaban J connectivity index is 1.86. The highest BCUT2D eigenvalue weighted by Crippen LogP contribution is 2.19. The van der Waals surface area contributed by atoms with Crippen molar-refractivity contribution in [3.63, 3.8) is 0 Å². The number of aryl methyl sites for hydroxylation is 1. The second-order valence-corrected chi connectivity index (χ2v) is 6.21. The number of amides is 2. The molecule has 2 rings (SSSR count). The zero-order valence-corrected chi connectivity index (χ0v) is 14.1. The lowest BCUT2D eigenvalue weighted by molar-refractivity contribution is 0.248. The fraction of sp³-hybridized carbons (Fsp3) is 0.412. The quantitative estimate of drug-likeness (QED) is 0.693. The zero-order valence-electron chi connectivity index (χ0n) is 13.3. The van der Waals surface area contributed by atoms with E-state index < -0.39 is 0 Å². The average molecular weight is 333 g/mol. The third kappa shape index (κ3) is 5.65. The van der Waals surface area contributed by atoms with Gasteiger partial charge in [-0.15, -0.1) is 11.3 Å². The first kappa shape index (κ1) is 17.4. The first-order chi connectivity index (χ1) is 11.2. The summed E-state index contributed by atoms with van der Waals surface area (Å²) in [6, 6.07) is 9.64. The number of hydrogen-bond donors (Lipinski definition) is 3. The number of hydrogen-bond acceptors (Lipinski definition) is 4. The lowest BCUT2D eigenvalue weighted by atomic mass is 9.96. The molecule has 2 amide bonds. The molecule has 1 aromatic carbocycles. The maximum absolute atomic E-state index is 12.0. The van der Waals surface area contributed by atoms with Crippen LogP contribution in [-0.2, 0) is 6.42 Å². The van der Waals surface area contributed by atoms with E-state index in [1.807, 2.05) is 35.7 Å². The lowest BCUT2D eigenvalue weighted by Gasteiger charge is -2.17. The Morgan fingerprint density at radius 1 is 1.35 bits per heavy atom. The number of nitrogens with zero attached hydrogens (tertiary/aromatic N) is 1. The van der Waals surface area contributed by atoms with Crippen molar-refractivity contribution in [2.45, 2.75) is 32.1 Å². The number of aliphatic hydroxyl groups is 1. The predicted molar refractivity (Wildman–Crippen MR) is 94.0 cm³/mol. The summed E-state index contributed by atoms with van der Waals surface area (Å²) in [6.07, 6.45) is 2.57. The molecule has 1 atom stereocenters. The van der Waals surface area contributed by atoms with Crippen LogP contribution in [0, 0.1) is 0 Å². The van der Waals surface area contributed by atoms with Gasteiger partial charge in [0.05, 0.1) is 5.69 Å². The molecule has 2 aromatic rings. The van der Waals surface area contributed by atoms with Crippen LogP contribution in [0.15, 0.2) is 35.7 Å². The number of anilines is 1. The number of aliphatic hydroxyl groups excluding tert-OH is 1. The van der Waals surface area contributed by atoms with E-state index in [1.54, 1.807) is 0 Å². The Morgan fingerprint density at radius 2 is 2.13 bits per heavy atom. The highest BCUT2D eigenvalue weighted by atomic mass is 32.1. The molecule has 0 aliphatic rings. The van der Waals surface area contributed by atoms with Crippen LogP contribution in [0.4, 0.5) is 9.93 Å². The van der Waals surface area contributed by atoms with E-state index in [9.17, 15) is 9.90 Å². The topological polar surface area (TPSA) is 74.2 Å². The molecule has 1 heterocycles. The van der Waals surface area contributed by atoms with Crippen molar-refractivity contribution in [2.24, 2.45) is 0 Å². The van der Waals surface area contributed by atoms with E-state index >= 15 is 0 Å². The van der Waals surface area contributed by atoms with Gasteiger partial charge in [0.15, 0.2) is 5.13 Å². The van der Waals surface area contributed by atoms with E-state index in [1.165, 1.54) is 11.3 Å². The summed E-state index contributed by atoms with van der Waals surface area (Å²) in [5.74, 6) is 0.0962. The van der Waals surface area contributed by atoms with Crippen LogP contribution in [0.1, 0.15) is 36.9 Å². The third-order valence-electron chi connectivity index (χ3n) is 3.54. The summed E-state index contributed by atoms with van der Waals surface area (Å²) in [4.78, 5) is 16.4. The molecule has 6 heteroatoms. The van der Waals surface area contributed by atoms with Gasteiger partial charge < -0.3 is 10.4 Å². The molecule has 23 heavy (non-hydrogen) atoms. The summed E-state index contributed by atoms with van der Waals surface area (Å²) < 4.78 is 0. The molecule has 124 valence electrons. The number of rotatable bonds is 8.